The number of hydrogen-bond acceptors (Lipinski definition) is 4. The standard InChI is InChI=1S/C14H19NO5.Zn/c1-2-3-4-5-8-20-14(19)15-10-6-7-11(13(17)18)12(16)9-10;/h6-7,9,16H,2-5,8H2,1H3,(H,15,19)(H,17,18);. The van der Waals surface area contributed by atoms with Gasteiger partial charge in [0.05, 0.1) is 6.61 Å². The van der Waals surface area contributed by atoms with Crippen molar-refractivity contribution in [3.8, 4) is 5.75 Å². The molecule has 1 amide bonds. The van der Waals surface area contributed by atoms with Crippen molar-refractivity contribution in [3.05, 3.63) is 23.8 Å². The molecule has 0 atom stereocenters. The number of anilines is 1. The van der Waals surface area contributed by atoms with Gasteiger partial charge >= 0.3 is 12.1 Å². The van der Waals surface area contributed by atoms with Gasteiger partial charge in [-0.15, -0.1) is 0 Å². The van der Waals surface area contributed by atoms with Gasteiger partial charge in [-0.2, -0.15) is 0 Å². The Morgan fingerprint density at radius 2 is 1.95 bits per heavy atom. The fraction of sp³-hybridized carbons (Fsp3) is 0.429. The van der Waals surface area contributed by atoms with Crippen molar-refractivity contribution < 1.29 is 44.0 Å². The second-order valence-corrected chi connectivity index (χ2v) is 4.36. The Hall–Kier alpha value is -1.62. The molecule has 0 saturated heterocycles. The number of nitrogens with one attached hydrogen (secondary N) is 1. The van der Waals surface area contributed by atoms with Crippen molar-refractivity contribution in [1.29, 1.82) is 0 Å². The van der Waals surface area contributed by atoms with Crippen molar-refractivity contribution in [1.82, 2.24) is 0 Å². The van der Waals surface area contributed by atoms with E-state index in [9.17, 15) is 14.7 Å². The summed E-state index contributed by atoms with van der Waals surface area (Å²) in [6, 6.07) is 3.78. The fourth-order valence-corrected chi connectivity index (χ4v) is 1.64. The van der Waals surface area contributed by atoms with Crippen molar-refractivity contribution in [3.63, 3.8) is 0 Å². The number of carboxylic acids is 1. The van der Waals surface area contributed by atoms with Crippen LogP contribution in [0.4, 0.5) is 10.5 Å². The van der Waals surface area contributed by atoms with Crippen LogP contribution in [0.2, 0.25) is 0 Å². The van der Waals surface area contributed by atoms with Gasteiger partial charge in [0.1, 0.15) is 11.3 Å². The van der Waals surface area contributed by atoms with E-state index in [1.54, 1.807) is 0 Å². The van der Waals surface area contributed by atoms with E-state index in [0.29, 0.717) is 6.61 Å². The summed E-state index contributed by atoms with van der Waals surface area (Å²) in [6.45, 7) is 2.44. The number of carbonyl (C=O) groups is 2. The Morgan fingerprint density at radius 3 is 2.52 bits per heavy atom. The van der Waals surface area contributed by atoms with E-state index in [1.165, 1.54) is 18.2 Å². The monoisotopic (exact) mass is 345 g/mol. The normalized spacial score (nSPS) is 9.57. The zero-order chi connectivity index (χ0) is 15.0. The van der Waals surface area contributed by atoms with Crippen LogP contribution in [0, 0.1) is 0 Å². The van der Waals surface area contributed by atoms with Crippen LogP contribution in [0.3, 0.4) is 0 Å². The number of aromatic carboxylic acids is 1. The Labute approximate surface area is 136 Å². The van der Waals surface area contributed by atoms with E-state index < -0.39 is 17.8 Å². The summed E-state index contributed by atoms with van der Waals surface area (Å²) in [4.78, 5) is 22.2. The summed E-state index contributed by atoms with van der Waals surface area (Å²) >= 11 is 0. The van der Waals surface area contributed by atoms with Crippen molar-refractivity contribution >= 4 is 17.7 Å². The molecule has 0 aromatic heterocycles. The van der Waals surface area contributed by atoms with Gasteiger partial charge in [-0.3, -0.25) is 5.32 Å². The van der Waals surface area contributed by atoms with Crippen LogP contribution >= 0.6 is 0 Å². The van der Waals surface area contributed by atoms with Crippen LogP contribution < -0.4 is 5.32 Å². The predicted molar refractivity (Wildman–Crippen MR) is 74.2 cm³/mol. The number of aromatic hydroxyl groups is 1. The quantitative estimate of drug-likeness (QED) is 0.520. The number of benzene rings is 1. The van der Waals surface area contributed by atoms with E-state index in [-0.39, 0.29) is 30.7 Å². The summed E-state index contributed by atoms with van der Waals surface area (Å²) in [5.41, 5.74) is 0.0644. The van der Waals surface area contributed by atoms with Crippen LogP contribution in [0.5, 0.6) is 5.75 Å². The first-order valence-corrected chi connectivity index (χ1v) is 6.54. The molecule has 0 aliphatic rings. The van der Waals surface area contributed by atoms with Gasteiger partial charge < -0.3 is 14.9 Å². The van der Waals surface area contributed by atoms with Crippen LogP contribution in [-0.4, -0.2) is 28.9 Å². The number of carbonyl (C=O) groups excluding carboxylic acids is 1. The minimum atomic E-state index is -1.23. The molecule has 6 nitrogen and oxygen atoms in total. The zero-order valence-corrected chi connectivity index (χ0v) is 15.1. The first-order valence-electron chi connectivity index (χ1n) is 6.54. The van der Waals surface area contributed by atoms with Crippen LogP contribution in [0.25, 0.3) is 0 Å². The van der Waals surface area contributed by atoms with Gasteiger partial charge in [-0.1, -0.05) is 26.2 Å². The SMILES string of the molecule is CCCCCCOC(=O)Nc1ccc(C(=O)O)c(O)c1.[Zn]. The molecule has 1 aromatic rings. The molecular formula is C14H19NO5Zn. The van der Waals surface area contributed by atoms with E-state index in [2.05, 4.69) is 12.2 Å². The van der Waals surface area contributed by atoms with E-state index >= 15 is 0 Å². The van der Waals surface area contributed by atoms with Crippen LogP contribution in [0.1, 0.15) is 43.0 Å². The Morgan fingerprint density at radius 1 is 1.24 bits per heavy atom. The maximum Gasteiger partial charge on any atom is 0.411 e. The number of carboxylic acid groups (broad SMARTS) is 1. The molecule has 0 aliphatic heterocycles. The van der Waals surface area contributed by atoms with Crippen molar-refractivity contribution in [2.75, 3.05) is 11.9 Å². The van der Waals surface area contributed by atoms with Gasteiger partial charge in [0.15, 0.2) is 0 Å². The molecule has 0 aliphatic carbocycles. The number of ether oxygens (including phenoxy) is 1. The van der Waals surface area contributed by atoms with Crippen LogP contribution in [-0.2, 0) is 24.2 Å². The number of hydrogen-bond donors (Lipinski definition) is 3. The second kappa shape index (κ2) is 10.2. The fourth-order valence-electron chi connectivity index (χ4n) is 1.64. The van der Waals surface area contributed by atoms with Gasteiger partial charge in [0.25, 0.3) is 0 Å². The van der Waals surface area contributed by atoms with Crippen molar-refractivity contribution in [2.45, 2.75) is 32.6 Å². The van der Waals surface area contributed by atoms with Gasteiger partial charge in [-0.25, -0.2) is 9.59 Å². The predicted octanol–water partition coefficient (Wildman–Crippen LogP) is 3.22. The average Bonchev–Trinajstić information content (AvgIpc) is 2.38. The molecule has 0 saturated carbocycles. The maximum absolute atomic E-state index is 11.4. The molecule has 0 heterocycles. The van der Waals surface area contributed by atoms with E-state index in [4.69, 9.17) is 9.84 Å². The van der Waals surface area contributed by atoms with E-state index in [0.717, 1.165) is 25.7 Å². The average molecular weight is 347 g/mol. The molecule has 0 spiro atoms. The first-order chi connectivity index (χ1) is 9.54. The number of phenols is 1. The molecule has 0 fully saturated rings. The van der Waals surface area contributed by atoms with Crippen molar-refractivity contribution in [2.24, 2.45) is 0 Å². The first kappa shape index (κ1) is 19.4. The minimum Gasteiger partial charge on any atom is -0.507 e. The zero-order valence-electron chi connectivity index (χ0n) is 12.1. The molecule has 3 N–H and O–H groups in total. The molecule has 0 bridgehead atoms. The number of rotatable bonds is 7. The number of unbranched alkanes of at least 4 members (excludes halogenated alkanes) is 3. The Balaban J connectivity index is 0.00000400. The summed E-state index contributed by atoms with van der Waals surface area (Å²) in [6.07, 6.45) is 3.42. The Bertz CT molecular complexity index is 478. The van der Waals surface area contributed by atoms with Gasteiger partial charge in [0, 0.05) is 31.2 Å². The van der Waals surface area contributed by atoms with Gasteiger partial charge in [0.2, 0.25) is 0 Å². The summed E-state index contributed by atoms with van der Waals surface area (Å²) in [5, 5.41) is 20.7. The molecule has 1 rings (SSSR count). The molecule has 0 radical (unpaired) electrons. The molecule has 112 valence electrons. The molecule has 0 unspecified atom stereocenters. The van der Waals surface area contributed by atoms with E-state index in [1.807, 2.05) is 0 Å². The maximum atomic E-state index is 11.4. The molecule has 7 heteroatoms. The third kappa shape index (κ3) is 7.09. The van der Waals surface area contributed by atoms with Crippen LogP contribution in [0.15, 0.2) is 18.2 Å². The molecule has 21 heavy (non-hydrogen) atoms. The smallest absolute Gasteiger partial charge is 0.411 e. The molecular weight excluding hydrogens is 328 g/mol. The largest absolute Gasteiger partial charge is 0.507 e. The van der Waals surface area contributed by atoms with Gasteiger partial charge in [-0.05, 0) is 18.6 Å². The topological polar surface area (TPSA) is 95.9 Å². The summed E-state index contributed by atoms with van der Waals surface area (Å²) in [5.74, 6) is -1.63. The third-order valence-corrected chi connectivity index (χ3v) is 2.71. The number of amides is 1. The molecule has 1 aromatic carbocycles. The Kier molecular flexibility index (Phi) is 9.38. The summed E-state index contributed by atoms with van der Waals surface area (Å²) in [7, 11) is 0. The second-order valence-electron chi connectivity index (χ2n) is 4.36. The minimum absolute atomic E-state index is 0. The summed E-state index contributed by atoms with van der Waals surface area (Å²) < 4.78 is 4.96. The third-order valence-electron chi connectivity index (χ3n) is 2.71.